The lowest BCUT2D eigenvalue weighted by molar-refractivity contribution is 0.257. The molecule has 7 heteroatoms. The van der Waals surface area contributed by atoms with Crippen molar-refractivity contribution in [1.29, 1.82) is 0 Å². The molecule has 108 valence electrons. The number of rotatable bonds is 3. The smallest absolute Gasteiger partial charge is 0.243 e. The van der Waals surface area contributed by atoms with Crippen LogP contribution in [-0.4, -0.2) is 31.9 Å². The Labute approximate surface area is 128 Å². The molecule has 2 N–H and O–H groups in total. The molecular formula is C12H18BrClN2O2S. The van der Waals surface area contributed by atoms with Crippen molar-refractivity contribution >= 4 is 38.4 Å². The van der Waals surface area contributed by atoms with Gasteiger partial charge in [-0.2, -0.15) is 4.31 Å². The summed E-state index contributed by atoms with van der Waals surface area (Å²) >= 11 is 3.30. The van der Waals surface area contributed by atoms with Gasteiger partial charge < -0.3 is 5.73 Å². The van der Waals surface area contributed by atoms with Crippen LogP contribution in [0.1, 0.15) is 19.3 Å². The maximum atomic E-state index is 12.6. The molecule has 0 aromatic heterocycles. The van der Waals surface area contributed by atoms with Crippen LogP contribution < -0.4 is 5.73 Å². The van der Waals surface area contributed by atoms with Crippen LogP contribution in [-0.2, 0) is 10.0 Å². The second-order valence-corrected chi connectivity index (χ2v) is 7.26. The van der Waals surface area contributed by atoms with E-state index in [2.05, 4.69) is 15.9 Å². The second-order valence-electron chi connectivity index (χ2n) is 4.46. The maximum Gasteiger partial charge on any atom is 0.243 e. The van der Waals surface area contributed by atoms with Crippen LogP contribution in [0.3, 0.4) is 0 Å². The number of hydrogen-bond acceptors (Lipinski definition) is 3. The third kappa shape index (κ3) is 3.70. The van der Waals surface area contributed by atoms with Crippen molar-refractivity contribution in [2.75, 3.05) is 13.1 Å². The standard InChI is InChI=1S/C12H17BrN2O2S.ClH/c13-10-4-3-6-12(8-10)18(16,17)15-7-2-1-5-11(15)9-14;/h3-4,6,8,11H,1-2,5,7,9,14H2;1H. The van der Waals surface area contributed by atoms with E-state index in [1.165, 1.54) is 0 Å². The Morgan fingerprint density at radius 2 is 2.11 bits per heavy atom. The Hall–Kier alpha value is -0.140. The minimum absolute atomic E-state index is 0. The molecule has 0 aliphatic carbocycles. The minimum Gasteiger partial charge on any atom is -0.329 e. The van der Waals surface area contributed by atoms with Crippen LogP contribution in [0, 0.1) is 0 Å². The van der Waals surface area contributed by atoms with E-state index >= 15 is 0 Å². The van der Waals surface area contributed by atoms with Crippen molar-refractivity contribution in [2.45, 2.75) is 30.2 Å². The summed E-state index contributed by atoms with van der Waals surface area (Å²) in [5.74, 6) is 0. The molecule has 1 fully saturated rings. The van der Waals surface area contributed by atoms with Gasteiger partial charge in [-0.15, -0.1) is 12.4 Å². The van der Waals surface area contributed by atoms with E-state index in [4.69, 9.17) is 5.73 Å². The predicted molar refractivity (Wildman–Crippen MR) is 82.0 cm³/mol. The number of piperidine rings is 1. The lowest BCUT2D eigenvalue weighted by atomic mass is 10.1. The number of nitrogens with two attached hydrogens (primary N) is 1. The highest BCUT2D eigenvalue weighted by molar-refractivity contribution is 9.10. The van der Waals surface area contributed by atoms with Gasteiger partial charge in [-0.3, -0.25) is 0 Å². The summed E-state index contributed by atoms with van der Waals surface area (Å²) in [4.78, 5) is 0.331. The Morgan fingerprint density at radius 3 is 2.74 bits per heavy atom. The van der Waals surface area contributed by atoms with Gasteiger partial charge in [0.2, 0.25) is 10.0 Å². The molecule has 1 aromatic rings. The van der Waals surface area contributed by atoms with Gasteiger partial charge >= 0.3 is 0 Å². The molecule has 1 unspecified atom stereocenters. The molecule has 1 aromatic carbocycles. The number of sulfonamides is 1. The Morgan fingerprint density at radius 1 is 1.37 bits per heavy atom. The van der Waals surface area contributed by atoms with E-state index in [1.54, 1.807) is 22.5 Å². The Bertz CT molecular complexity index is 524. The van der Waals surface area contributed by atoms with Crippen LogP contribution in [0.2, 0.25) is 0 Å². The van der Waals surface area contributed by atoms with Crippen molar-refractivity contribution in [3.05, 3.63) is 28.7 Å². The molecule has 0 radical (unpaired) electrons. The van der Waals surface area contributed by atoms with E-state index < -0.39 is 10.0 Å². The molecule has 1 saturated heterocycles. The quantitative estimate of drug-likeness (QED) is 0.889. The zero-order valence-electron chi connectivity index (χ0n) is 10.5. The monoisotopic (exact) mass is 368 g/mol. The average molecular weight is 370 g/mol. The first kappa shape index (κ1) is 16.9. The molecule has 1 atom stereocenters. The number of nitrogens with zero attached hydrogens (tertiary/aromatic N) is 1. The summed E-state index contributed by atoms with van der Waals surface area (Å²) in [6.07, 6.45) is 2.81. The van der Waals surface area contributed by atoms with Gasteiger partial charge in [-0.1, -0.05) is 28.4 Å². The first-order valence-electron chi connectivity index (χ1n) is 6.03. The first-order chi connectivity index (χ1) is 8.55. The normalized spacial score (nSPS) is 20.8. The van der Waals surface area contributed by atoms with E-state index in [0.29, 0.717) is 18.0 Å². The van der Waals surface area contributed by atoms with Gasteiger partial charge in [-0.25, -0.2) is 8.42 Å². The zero-order valence-corrected chi connectivity index (χ0v) is 13.7. The fourth-order valence-electron chi connectivity index (χ4n) is 2.29. The Kier molecular flexibility index (Phi) is 6.26. The highest BCUT2D eigenvalue weighted by atomic mass is 79.9. The summed E-state index contributed by atoms with van der Waals surface area (Å²) in [7, 11) is -3.42. The third-order valence-corrected chi connectivity index (χ3v) is 5.69. The number of halogens is 2. The summed E-state index contributed by atoms with van der Waals surface area (Å²) in [5, 5.41) is 0. The SMILES string of the molecule is Cl.NCC1CCCCN1S(=O)(=O)c1cccc(Br)c1. The average Bonchev–Trinajstić information content (AvgIpc) is 2.38. The van der Waals surface area contributed by atoms with Crippen LogP contribution in [0.25, 0.3) is 0 Å². The van der Waals surface area contributed by atoms with Gasteiger partial charge in [0, 0.05) is 23.6 Å². The molecule has 0 spiro atoms. The van der Waals surface area contributed by atoms with Gasteiger partial charge in [0.15, 0.2) is 0 Å². The summed E-state index contributed by atoms with van der Waals surface area (Å²) < 4.78 is 27.4. The van der Waals surface area contributed by atoms with Gasteiger partial charge in [0.1, 0.15) is 0 Å². The lowest BCUT2D eigenvalue weighted by Crippen LogP contribution is -2.47. The van der Waals surface area contributed by atoms with Gasteiger partial charge in [0.25, 0.3) is 0 Å². The summed E-state index contributed by atoms with van der Waals surface area (Å²) in [6.45, 7) is 0.948. The fraction of sp³-hybridized carbons (Fsp3) is 0.500. The third-order valence-electron chi connectivity index (χ3n) is 3.25. The molecule has 2 rings (SSSR count). The topological polar surface area (TPSA) is 63.4 Å². The molecule has 0 saturated carbocycles. The van der Waals surface area contributed by atoms with Crippen LogP contribution >= 0.6 is 28.3 Å². The molecule has 4 nitrogen and oxygen atoms in total. The van der Waals surface area contributed by atoms with E-state index in [-0.39, 0.29) is 18.4 Å². The molecule has 1 aliphatic heterocycles. The van der Waals surface area contributed by atoms with Crippen molar-refractivity contribution in [3.8, 4) is 0 Å². The van der Waals surface area contributed by atoms with E-state index in [9.17, 15) is 8.42 Å². The van der Waals surface area contributed by atoms with Gasteiger partial charge in [-0.05, 0) is 31.0 Å². The zero-order chi connectivity index (χ0) is 13.2. The van der Waals surface area contributed by atoms with E-state index in [0.717, 1.165) is 23.7 Å². The van der Waals surface area contributed by atoms with Crippen molar-refractivity contribution in [1.82, 2.24) is 4.31 Å². The molecule has 0 amide bonds. The summed E-state index contributed by atoms with van der Waals surface area (Å²) in [6, 6.07) is 6.75. The number of benzene rings is 1. The fourth-order valence-corrected chi connectivity index (χ4v) is 4.59. The van der Waals surface area contributed by atoms with Crippen LogP contribution in [0.4, 0.5) is 0 Å². The second kappa shape index (κ2) is 7.04. The summed E-state index contributed by atoms with van der Waals surface area (Å²) in [5.41, 5.74) is 5.68. The molecule has 1 heterocycles. The maximum absolute atomic E-state index is 12.6. The highest BCUT2D eigenvalue weighted by Gasteiger charge is 2.32. The predicted octanol–water partition coefficient (Wildman–Crippen LogP) is 2.37. The lowest BCUT2D eigenvalue weighted by Gasteiger charge is -2.33. The number of hydrogen-bond donors (Lipinski definition) is 1. The first-order valence-corrected chi connectivity index (χ1v) is 8.26. The van der Waals surface area contributed by atoms with Crippen LogP contribution in [0.15, 0.2) is 33.6 Å². The van der Waals surface area contributed by atoms with Crippen LogP contribution in [0.5, 0.6) is 0 Å². The molecule has 1 aliphatic rings. The highest BCUT2D eigenvalue weighted by Crippen LogP contribution is 2.26. The molecular weight excluding hydrogens is 352 g/mol. The van der Waals surface area contributed by atoms with Crippen molar-refractivity contribution in [2.24, 2.45) is 5.73 Å². The largest absolute Gasteiger partial charge is 0.329 e. The van der Waals surface area contributed by atoms with E-state index in [1.807, 2.05) is 6.07 Å². The van der Waals surface area contributed by atoms with Crippen molar-refractivity contribution in [3.63, 3.8) is 0 Å². The minimum atomic E-state index is -3.42. The Balaban J connectivity index is 0.00000180. The molecule has 19 heavy (non-hydrogen) atoms. The van der Waals surface area contributed by atoms with Crippen molar-refractivity contribution < 1.29 is 8.42 Å². The molecule has 0 bridgehead atoms. The van der Waals surface area contributed by atoms with Gasteiger partial charge in [0.05, 0.1) is 4.90 Å².